The van der Waals surface area contributed by atoms with Gasteiger partial charge in [-0.1, -0.05) is 0 Å². The zero-order chi connectivity index (χ0) is 32.4. The first-order valence-corrected chi connectivity index (χ1v) is 17.1. The summed E-state index contributed by atoms with van der Waals surface area (Å²) >= 11 is 0. The summed E-state index contributed by atoms with van der Waals surface area (Å²) < 4.78 is 62.6. The lowest BCUT2D eigenvalue weighted by molar-refractivity contribution is -0.0696. The lowest BCUT2D eigenvalue weighted by atomic mass is 10.1. The largest absolute Gasteiger partial charge is 0.387 e. The maximum atomic E-state index is 13.1. The normalized spacial score (nSPS) is 37.7. The third-order valence-electron chi connectivity index (χ3n) is 7.69. The van der Waals surface area contributed by atoms with Crippen molar-refractivity contribution in [1.82, 2.24) is 39.0 Å². The van der Waals surface area contributed by atoms with Crippen molar-refractivity contribution in [2.75, 3.05) is 37.4 Å². The van der Waals surface area contributed by atoms with Crippen LogP contribution >= 0.6 is 15.2 Å². The first-order valence-electron chi connectivity index (χ1n) is 13.6. The van der Waals surface area contributed by atoms with Gasteiger partial charge in [-0.3, -0.25) is 18.3 Å². The highest BCUT2D eigenvalue weighted by Crippen LogP contribution is 2.48. The Balaban J connectivity index is 1.16. The average Bonchev–Trinajstić information content (AvgIpc) is 3.77. The van der Waals surface area contributed by atoms with Crippen LogP contribution in [0, 0.1) is 0 Å². The minimum absolute atomic E-state index is 0.0713. The van der Waals surface area contributed by atoms with Crippen LogP contribution in [0.15, 0.2) is 25.3 Å². The van der Waals surface area contributed by atoms with Gasteiger partial charge in [0.25, 0.3) is 0 Å². The van der Waals surface area contributed by atoms with Crippen LogP contribution in [0.3, 0.4) is 0 Å². The molecule has 7 heterocycles. The molecular weight excluding hydrogens is 658 g/mol. The number of nitrogens with zero attached hydrogens (tertiary/aromatic N) is 8. The number of imidazole rings is 2. The summed E-state index contributed by atoms with van der Waals surface area (Å²) in [5, 5.41) is 22.3. The van der Waals surface area contributed by atoms with Gasteiger partial charge in [-0.05, 0) is 0 Å². The summed E-state index contributed by atoms with van der Waals surface area (Å²) in [7, 11) is -9.14. The number of hydrogen-bond acceptors (Lipinski definition) is 18. The fraction of sp³-hybridized carbons (Fsp3) is 0.545. The molecule has 4 aromatic rings. The molecule has 0 radical (unpaired) electrons. The molecule has 0 aliphatic carbocycles. The maximum absolute atomic E-state index is 13.1. The van der Waals surface area contributed by atoms with Gasteiger partial charge in [0, 0.05) is 0 Å². The SMILES string of the molecule is Nc1ncnc2c1ncn2[C@@H]1O[C@@H]2COP(=O)(O)CO[C@@H]3[C@@H](O)[C@@H](COP(=O)(O)CO[C@@H]2[C@H]1O)O[C@H]3n1cnc2c(N)ncnc21. The van der Waals surface area contributed by atoms with Gasteiger partial charge in [0.2, 0.25) is 0 Å². The van der Waals surface area contributed by atoms with Gasteiger partial charge in [0.1, 0.15) is 73.0 Å². The van der Waals surface area contributed by atoms with Crippen LogP contribution in [0.2, 0.25) is 0 Å². The molecule has 3 fully saturated rings. The highest BCUT2D eigenvalue weighted by atomic mass is 31.2. The number of nitrogen functional groups attached to an aromatic ring is 2. The predicted octanol–water partition coefficient (Wildman–Crippen LogP) is -1.55. The van der Waals surface area contributed by atoms with E-state index in [-0.39, 0.29) is 34.0 Å². The first-order chi connectivity index (χ1) is 21.9. The standard InChI is InChI=1S/C22H28N10O12P2/c23-17-11-19(27-3-25-17)31(5-29-11)21-14(34)15-10(44-21)2-42-46(37,38)8-40-16-13(33)9(1-41-45(35,36)7-39-15)43-22(16)32-6-30-12-18(24)26-4-28-20(12)32/h3-6,9-10,13-16,21-22,33-34H,1-2,7-8H2,(H,35,36)(H,37,38)(H2,23,25,27)(H2,24,26,28)/t9-,10-,13+,14-,15+,16-,21-,22-/m1/s1. The van der Waals surface area contributed by atoms with Crippen LogP contribution in [-0.4, -0.2) is 122 Å². The second kappa shape index (κ2) is 11.8. The summed E-state index contributed by atoms with van der Waals surface area (Å²) in [5.74, 6) is 0.149. The molecule has 24 heteroatoms. The molecule has 7 rings (SSSR count). The monoisotopic (exact) mass is 686 g/mol. The quantitative estimate of drug-likeness (QED) is 0.130. The van der Waals surface area contributed by atoms with E-state index in [1.807, 2.05) is 0 Å². The van der Waals surface area contributed by atoms with E-state index in [2.05, 4.69) is 29.9 Å². The molecular formula is C22H28N10O12P2. The molecule has 0 amide bonds. The van der Waals surface area contributed by atoms with Crippen molar-refractivity contribution in [3.8, 4) is 0 Å². The Morgan fingerprint density at radius 1 is 0.696 bits per heavy atom. The third-order valence-corrected chi connectivity index (χ3v) is 9.74. The van der Waals surface area contributed by atoms with E-state index in [4.69, 9.17) is 39.5 Å². The smallest absolute Gasteiger partial charge is 0.353 e. The van der Waals surface area contributed by atoms with Crippen LogP contribution in [0.25, 0.3) is 22.3 Å². The van der Waals surface area contributed by atoms with Gasteiger partial charge in [0.15, 0.2) is 35.4 Å². The molecule has 46 heavy (non-hydrogen) atoms. The van der Waals surface area contributed by atoms with Gasteiger partial charge >= 0.3 is 15.2 Å². The van der Waals surface area contributed by atoms with Crippen LogP contribution in [0.1, 0.15) is 12.5 Å². The van der Waals surface area contributed by atoms with Crippen molar-refractivity contribution >= 4 is 49.2 Å². The zero-order valence-electron chi connectivity index (χ0n) is 23.4. The number of rotatable bonds is 2. The van der Waals surface area contributed by atoms with Crippen molar-refractivity contribution in [3.63, 3.8) is 0 Å². The number of ether oxygens (including phenoxy) is 4. The maximum Gasteiger partial charge on any atom is 0.353 e. The average molecular weight is 686 g/mol. The molecule has 3 aliphatic heterocycles. The van der Waals surface area contributed by atoms with Gasteiger partial charge in [-0.2, -0.15) is 0 Å². The Morgan fingerprint density at radius 3 is 1.78 bits per heavy atom. The molecule has 8 N–H and O–H groups in total. The third kappa shape index (κ3) is 5.65. The summed E-state index contributed by atoms with van der Waals surface area (Å²) in [6.45, 7) is -1.25. The highest BCUT2D eigenvalue weighted by Gasteiger charge is 2.50. The number of anilines is 2. The first kappa shape index (κ1) is 31.4. The number of aromatic nitrogens is 8. The second-order valence-electron chi connectivity index (χ2n) is 10.7. The fourth-order valence-electron chi connectivity index (χ4n) is 5.48. The topological polar surface area (TPSA) is 310 Å². The minimum Gasteiger partial charge on any atom is -0.387 e. The predicted molar refractivity (Wildman–Crippen MR) is 150 cm³/mol. The Morgan fingerprint density at radius 2 is 1.20 bits per heavy atom. The van der Waals surface area contributed by atoms with Crippen molar-refractivity contribution < 1.29 is 57.1 Å². The van der Waals surface area contributed by atoms with Crippen LogP contribution < -0.4 is 11.5 Å². The van der Waals surface area contributed by atoms with Crippen molar-refractivity contribution in [2.24, 2.45) is 0 Å². The Bertz CT molecular complexity index is 1860. The lowest BCUT2D eigenvalue weighted by Gasteiger charge is -2.24. The Labute approximate surface area is 257 Å². The molecule has 22 nitrogen and oxygen atoms in total. The molecule has 3 aliphatic rings. The van der Waals surface area contributed by atoms with Crippen LogP contribution in [0.4, 0.5) is 11.6 Å². The van der Waals surface area contributed by atoms with Crippen LogP contribution in [0.5, 0.6) is 0 Å². The van der Waals surface area contributed by atoms with Gasteiger partial charge in [0.05, 0.1) is 25.9 Å². The van der Waals surface area contributed by atoms with Gasteiger partial charge in [-0.25, -0.2) is 29.9 Å². The Hall–Kier alpha value is -3.24. The van der Waals surface area contributed by atoms with E-state index in [1.165, 1.54) is 34.4 Å². The molecule has 2 unspecified atom stereocenters. The summed E-state index contributed by atoms with van der Waals surface area (Å²) in [4.78, 5) is 45.6. The summed E-state index contributed by atoms with van der Waals surface area (Å²) in [5.41, 5.74) is 12.6. The Kier molecular flexibility index (Phi) is 8.03. The zero-order valence-corrected chi connectivity index (χ0v) is 25.2. The van der Waals surface area contributed by atoms with E-state index in [1.54, 1.807) is 0 Å². The van der Waals surface area contributed by atoms with Crippen LogP contribution in [-0.2, 0) is 37.1 Å². The molecule has 0 aromatic carbocycles. The lowest BCUT2D eigenvalue weighted by Crippen LogP contribution is -2.37. The van der Waals surface area contributed by atoms with E-state index in [0.29, 0.717) is 0 Å². The fourth-order valence-corrected chi connectivity index (χ4v) is 7.11. The van der Waals surface area contributed by atoms with E-state index in [0.717, 1.165) is 0 Å². The van der Waals surface area contributed by atoms with Gasteiger partial charge in [-0.15, -0.1) is 0 Å². The summed E-state index contributed by atoms with van der Waals surface area (Å²) in [6, 6.07) is 0. The number of hydrogen-bond donors (Lipinski definition) is 6. The van der Waals surface area contributed by atoms with E-state index >= 15 is 0 Å². The van der Waals surface area contributed by atoms with Crippen molar-refractivity contribution in [1.29, 1.82) is 0 Å². The van der Waals surface area contributed by atoms with Gasteiger partial charge < -0.3 is 59.5 Å². The molecule has 2 bridgehead atoms. The number of nitrogens with two attached hydrogens (primary N) is 2. The molecule has 3 saturated heterocycles. The minimum atomic E-state index is -4.58. The second-order valence-corrected chi connectivity index (χ2v) is 14.2. The van der Waals surface area contributed by atoms with E-state index in [9.17, 15) is 29.1 Å². The molecule has 4 aromatic heterocycles. The number of aliphatic hydroxyl groups excluding tert-OH is 2. The highest BCUT2D eigenvalue weighted by molar-refractivity contribution is 7.52. The van der Waals surface area contributed by atoms with E-state index < -0.39 is 90.2 Å². The molecule has 0 spiro atoms. The number of aliphatic hydroxyl groups is 2. The number of fused-ring (bicyclic) bond motifs is 5. The van der Waals surface area contributed by atoms with Crippen molar-refractivity contribution in [2.45, 2.75) is 49.1 Å². The summed E-state index contributed by atoms with van der Waals surface area (Å²) in [6.07, 6.45) is -7.57. The molecule has 248 valence electrons. The molecule has 0 saturated carbocycles. The molecule has 10 atom stereocenters. The van der Waals surface area contributed by atoms with Crippen molar-refractivity contribution in [3.05, 3.63) is 25.3 Å².